The lowest BCUT2D eigenvalue weighted by Gasteiger charge is -2.31. The largest absolute Gasteiger partial charge is 0.497 e. The number of ether oxygens (including phenoxy) is 3. The van der Waals surface area contributed by atoms with Crippen molar-refractivity contribution in [1.29, 1.82) is 0 Å². The molecule has 1 aromatic heterocycles. The normalized spacial score (nSPS) is 18.1. The Balaban J connectivity index is 1.45. The number of methoxy groups -OCH3 is 1. The molecule has 2 amide bonds. The van der Waals surface area contributed by atoms with E-state index < -0.39 is 17.8 Å². The Kier molecular flexibility index (Phi) is 9.66. The van der Waals surface area contributed by atoms with Gasteiger partial charge in [0.1, 0.15) is 23.4 Å². The molecule has 2 fully saturated rings. The lowest BCUT2D eigenvalue weighted by atomic mass is 10.0. The van der Waals surface area contributed by atoms with E-state index in [1.165, 1.54) is 29.2 Å². The number of furan rings is 1. The van der Waals surface area contributed by atoms with Crippen LogP contribution in [0.2, 0.25) is 0 Å². The number of nitrogens with one attached hydrogen (secondary N) is 1. The summed E-state index contributed by atoms with van der Waals surface area (Å²) < 4.78 is 36.3. The van der Waals surface area contributed by atoms with Crippen molar-refractivity contribution >= 4 is 11.8 Å². The standard InChI is InChI=1S/C31H36FN3O6/c1-38-25-10-4-22(5-11-25)20-35(31(37)28-13-12-27(41-28)21-34-14-17-39-18-15-34)29(23-6-8-24(32)9-7-23)30(36)33-19-26-3-2-16-40-26/h4-13,26,29H,2-3,14-21H2,1H3,(H,33,36)/t26-,29-/m1/s1. The highest BCUT2D eigenvalue weighted by molar-refractivity contribution is 5.96. The van der Waals surface area contributed by atoms with Crippen molar-refractivity contribution in [2.45, 2.75) is 38.1 Å². The molecular formula is C31H36FN3O6. The van der Waals surface area contributed by atoms with Crippen molar-refractivity contribution in [3.8, 4) is 5.75 Å². The molecule has 5 rings (SSSR count). The molecule has 2 saturated heterocycles. The highest BCUT2D eigenvalue weighted by Crippen LogP contribution is 2.28. The summed E-state index contributed by atoms with van der Waals surface area (Å²) in [6.07, 6.45) is 1.72. The number of rotatable bonds is 11. The Labute approximate surface area is 239 Å². The van der Waals surface area contributed by atoms with Crippen LogP contribution in [0, 0.1) is 5.82 Å². The fourth-order valence-corrected chi connectivity index (χ4v) is 5.14. The quantitative estimate of drug-likeness (QED) is 0.377. The molecule has 0 aliphatic carbocycles. The van der Waals surface area contributed by atoms with Gasteiger partial charge in [-0.15, -0.1) is 0 Å². The van der Waals surface area contributed by atoms with Crippen LogP contribution in [0.4, 0.5) is 4.39 Å². The summed E-state index contributed by atoms with van der Waals surface area (Å²) in [5.74, 6) is 0.195. The second kappa shape index (κ2) is 13.8. The van der Waals surface area contributed by atoms with Crippen LogP contribution in [-0.2, 0) is 27.4 Å². The molecule has 2 aliphatic rings. The van der Waals surface area contributed by atoms with Crippen molar-refractivity contribution in [3.05, 3.63) is 89.1 Å². The summed E-state index contributed by atoms with van der Waals surface area (Å²) in [5, 5.41) is 2.97. The maximum atomic E-state index is 14.1. The summed E-state index contributed by atoms with van der Waals surface area (Å²) in [7, 11) is 1.58. The van der Waals surface area contributed by atoms with Crippen molar-refractivity contribution < 1.29 is 32.6 Å². The Hall–Kier alpha value is -3.73. The molecule has 41 heavy (non-hydrogen) atoms. The third-order valence-electron chi connectivity index (χ3n) is 7.40. The van der Waals surface area contributed by atoms with Gasteiger partial charge < -0.3 is 28.8 Å². The van der Waals surface area contributed by atoms with Gasteiger partial charge in [-0.3, -0.25) is 14.5 Å². The second-order valence-corrected chi connectivity index (χ2v) is 10.3. The van der Waals surface area contributed by atoms with Crippen molar-refractivity contribution in [1.82, 2.24) is 15.1 Å². The second-order valence-electron chi connectivity index (χ2n) is 10.3. The molecular weight excluding hydrogens is 529 g/mol. The molecule has 9 nitrogen and oxygen atoms in total. The molecule has 2 atom stereocenters. The number of carbonyl (C=O) groups is 2. The summed E-state index contributed by atoms with van der Waals surface area (Å²) in [4.78, 5) is 31.6. The minimum atomic E-state index is -1.04. The molecule has 0 saturated carbocycles. The summed E-state index contributed by atoms with van der Waals surface area (Å²) in [6.45, 7) is 4.53. The number of hydrogen-bond donors (Lipinski definition) is 1. The van der Waals surface area contributed by atoms with E-state index in [1.54, 1.807) is 31.4 Å². The number of carbonyl (C=O) groups excluding carboxylic acids is 2. The molecule has 3 aromatic rings. The van der Waals surface area contributed by atoms with E-state index in [0.717, 1.165) is 31.5 Å². The fourth-order valence-electron chi connectivity index (χ4n) is 5.14. The zero-order valence-electron chi connectivity index (χ0n) is 23.2. The van der Waals surface area contributed by atoms with Crippen LogP contribution in [0.3, 0.4) is 0 Å². The van der Waals surface area contributed by atoms with Crippen LogP contribution in [-0.4, -0.2) is 74.3 Å². The Bertz CT molecular complexity index is 1280. The SMILES string of the molecule is COc1ccc(CN(C(=O)c2ccc(CN3CCOCC3)o2)[C@@H](C(=O)NC[C@H]2CCCO2)c2ccc(F)cc2)cc1. The zero-order chi connectivity index (χ0) is 28.6. The van der Waals surface area contributed by atoms with Gasteiger partial charge in [0, 0.05) is 32.8 Å². The minimum absolute atomic E-state index is 0.0774. The predicted octanol–water partition coefficient (Wildman–Crippen LogP) is 3.94. The van der Waals surface area contributed by atoms with Gasteiger partial charge in [-0.1, -0.05) is 24.3 Å². The summed E-state index contributed by atoms with van der Waals surface area (Å²) in [5.41, 5.74) is 1.27. The molecule has 0 unspecified atom stereocenters. The first kappa shape index (κ1) is 28.8. The first-order chi connectivity index (χ1) is 20.0. The molecule has 10 heteroatoms. The molecule has 0 spiro atoms. The molecule has 218 valence electrons. The number of nitrogens with zero attached hydrogens (tertiary/aromatic N) is 2. The molecule has 2 aromatic carbocycles. The first-order valence-corrected chi connectivity index (χ1v) is 14.0. The fraction of sp³-hybridized carbons (Fsp3) is 0.419. The van der Waals surface area contributed by atoms with E-state index >= 15 is 0 Å². The number of amides is 2. The van der Waals surface area contributed by atoms with Gasteiger partial charge in [-0.05, 0) is 60.4 Å². The summed E-state index contributed by atoms with van der Waals surface area (Å²) >= 11 is 0. The van der Waals surface area contributed by atoms with Crippen LogP contribution in [0.15, 0.2) is 65.1 Å². The molecule has 2 aliphatic heterocycles. The third kappa shape index (κ3) is 7.52. The van der Waals surface area contributed by atoms with Crippen molar-refractivity contribution in [3.63, 3.8) is 0 Å². The molecule has 1 N–H and O–H groups in total. The predicted molar refractivity (Wildman–Crippen MR) is 149 cm³/mol. The molecule has 0 radical (unpaired) electrons. The molecule has 3 heterocycles. The van der Waals surface area contributed by atoms with Gasteiger partial charge in [0.2, 0.25) is 5.91 Å². The van der Waals surface area contributed by atoms with E-state index in [0.29, 0.717) is 50.0 Å². The number of benzene rings is 2. The Morgan fingerprint density at radius 2 is 1.80 bits per heavy atom. The number of halogens is 1. The maximum absolute atomic E-state index is 14.1. The number of morpholine rings is 1. The van der Waals surface area contributed by atoms with Gasteiger partial charge in [0.25, 0.3) is 5.91 Å². The van der Waals surface area contributed by atoms with Crippen LogP contribution in [0.1, 0.15) is 46.3 Å². The van der Waals surface area contributed by atoms with Gasteiger partial charge in [0.05, 0.1) is 33.0 Å². The van der Waals surface area contributed by atoms with E-state index in [9.17, 15) is 14.0 Å². The van der Waals surface area contributed by atoms with E-state index in [-0.39, 0.29) is 24.3 Å². The smallest absolute Gasteiger partial charge is 0.290 e. The summed E-state index contributed by atoms with van der Waals surface area (Å²) in [6, 6.07) is 15.3. The van der Waals surface area contributed by atoms with Gasteiger partial charge in [-0.2, -0.15) is 0 Å². The average molecular weight is 566 g/mol. The monoisotopic (exact) mass is 565 g/mol. The van der Waals surface area contributed by atoms with E-state index in [4.69, 9.17) is 18.6 Å². The molecule has 0 bridgehead atoms. The number of hydrogen-bond acceptors (Lipinski definition) is 7. The Morgan fingerprint density at radius 1 is 1.05 bits per heavy atom. The zero-order valence-corrected chi connectivity index (χ0v) is 23.2. The van der Waals surface area contributed by atoms with Crippen LogP contribution in [0.5, 0.6) is 5.75 Å². The van der Waals surface area contributed by atoms with Crippen LogP contribution < -0.4 is 10.1 Å². The minimum Gasteiger partial charge on any atom is -0.497 e. The topological polar surface area (TPSA) is 93.5 Å². The highest BCUT2D eigenvalue weighted by Gasteiger charge is 2.34. The van der Waals surface area contributed by atoms with Gasteiger partial charge in [0.15, 0.2) is 5.76 Å². The van der Waals surface area contributed by atoms with Crippen LogP contribution >= 0.6 is 0 Å². The Morgan fingerprint density at radius 3 is 2.49 bits per heavy atom. The lowest BCUT2D eigenvalue weighted by molar-refractivity contribution is -0.126. The third-order valence-corrected chi connectivity index (χ3v) is 7.40. The van der Waals surface area contributed by atoms with Crippen LogP contribution in [0.25, 0.3) is 0 Å². The van der Waals surface area contributed by atoms with Crippen molar-refractivity contribution in [2.75, 3.05) is 46.6 Å². The van der Waals surface area contributed by atoms with E-state index in [1.807, 2.05) is 12.1 Å². The van der Waals surface area contributed by atoms with Crippen molar-refractivity contribution in [2.24, 2.45) is 0 Å². The van der Waals surface area contributed by atoms with Gasteiger partial charge >= 0.3 is 0 Å². The average Bonchev–Trinajstić information content (AvgIpc) is 3.70. The highest BCUT2D eigenvalue weighted by atomic mass is 19.1. The first-order valence-electron chi connectivity index (χ1n) is 14.0. The maximum Gasteiger partial charge on any atom is 0.290 e. The van der Waals surface area contributed by atoms with Gasteiger partial charge in [-0.25, -0.2) is 4.39 Å². The lowest BCUT2D eigenvalue weighted by Crippen LogP contribution is -2.45. The van der Waals surface area contributed by atoms with E-state index in [2.05, 4.69) is 10.2 Å².